The first-order valence-corrected chi connectivity index (χ1v) is 14.1. The third-order valence-corrected chi connectivity index (χ3v) is 7.99. The molecule has 0 saturated carbocycles. The van der Waals surface area contributed by atoms with Gasteiger partial charge in [0.05, 0.1) is 23.3 Å². The van der Waals surface area contributed by atoms with Crippen LogP contribution in [0.4, 0.5) is 5.69 Å². The summed E-state index contributed by atoms with van der Waals surface area (Å²) < 4.78 is 8.16. The largest absolute Gasteiger partial charge is 0.478 e. The van der Waals surface area contributed by atoms with Crippen LogP contribution in [0.2, 0.25) is 0 Å². The fraction of sp³-hybridized carbons (Fsp3) is 0.147. The molecule has 2 atom stereocenters. The summed E-state index contributed by atoms with van der Waals surface area (Å²) in [6.45, 7) is 6.11. The van der Waals surface area contributed by atoms with E-state index in [1.165, 1.54) is 0 Å². The van der Waals surface area contributed by atoms with Gasteiger partial charge in [0.25, 0.3) is 0 Å². The maximum absolute atomic E-state index is 11.8. The van der Waals surface area contributed by atoms with Gasteiger partial charge in [-0.1, -0.05) is 30.3 Å². The van der Waals surface area contributed by atoms with Crippen LogP contribution < -0.4 is 15.0 Å². The van der Waals surface area contributed by atoms with Gasteiger partial charge >= 0.3 is 5.97 Å². The molecule has 0 radical (unpaired) electrons. The van der Waals surface area contributed by atoms with Gasteiger partial charge in [-0.25, -0.2) is 4.79 Å². The van der Waals surface area contributed by atoms with E-state index in [-0.39, 0.29) is 17.6 Å². The van der Waals surface area contributed by atoms with E-state index in [1.807, 2.05) is 92.7 Å². The van der Waals surface area contributed by atoms with Gasteiger partial charge in [0.15, 0.2) is 5.11 Å². The molecule has 1 aliphatic rings. The second-order valence-electron chi connectivity index (χ2n) is 10.4. The number of nitrogens with zero attached hydrogens (tertiary/aromatic N) is 3. The van der Waals surface area contributed by atoms with Gasteiger partial charge in [0.2, 0.25) is 0 Å². The van der Waals surface area contributed by atoms with Crippen LogP contribution in [0.25, 0.3) is 5.69 Å². The van der Waals surface area contributed by atoms with Crippen LogP contribution in [0.5, 0.6) is 11.5 Å². The Labute approximate surface area is 250 Å². The van der Waals surface area contributed by atoms with Crippen LogP contribution in [-0.2, 0) is 0 Å². The van der Waals surface area contributed by atoms with Crippen LogP contribution in [0, 0.1) is 20.8 Å². The summed E-state index contributed by atoms with van der Waals surface area (Å²) in [7, 11) is 0. The number of para-hydroxylation sites is 1. The Morgan fingerprint density at radius 1 is 0.905 bits per heavy atom. The Morgan fingerprint density at radius 3 is 2.31 bits per heavy atom. The van der Waals surface area contributed by atoms with Crippen molar-refractivity contribution in [3.8, 4) is 17.2 Å². The average molecular weight is 575 g/mol. The normalized spacial score (nSPS) is 16.4. The summed E-state index contributed by atoms with van der Waals surface area (Å²) in [6, 6.07) is 30.5. The maximum Gasteiger partial charge on any atom is 0.335 e. The first-order chi connectivity index (χ1) is 20.3. The number of ether oxygens (including phenoxy) is 1. The molecule has 0 bridgehead atoms. The van der Waals surface area contributed by atoms with Crippen molar-refractivity contribution in [1.29, 1.82) is 0 Å². The molecule has 210 valence electrons. The summed E-state index contributed by atoms with van der Waals surface area (Å²) in [6.07, 6.45) is 1.79. The van der Waals surface area contributed by atoms with Gasteiger partial charge < -0.3 is 24.6 Å². The molecule has 42 heavy (non-hydrogen) atoms. The van der Waals surface area contributed by atoms with Crippen molar-refractivity contribution in [3.05, 3.63) is 137 Å². The van der Waals surface area contributed by atoms with Gasteiger partial charge in [-0.3, -0.25) is 4.98 Å². The van der Waals surface area contributed by atoms with E-state index in [1.54, 1.807) is 18.3 Å². The van der Waals surface area contributed by atoms with E-state index in [4.69, 9.17) is 17.0 Å². The highest BCUT2D eigenvalue weighted by Crippen LogP contribution is 2.44. The molecular formula is C34H30N4O3S. The smallest absolute Gasteiger partial charge is 0.335 e. The quantitative estimate of drug-likeness (QED) is 0.195. The first-order valence-electron chi connectivity index (χ1n) is 13.7. The molecule has 0 amide bonds. The van der Waals surface area contributed by atoms with Gasteiger partial charge in [0, 0.05) is 29.0 Å². The summed E-state index contributed by atoms with van der Waals surface area (Å²) in [4.78, 5) is 18.6. The number of hydrogen-bond donors (Lipinski definition) is 2. The Balaban J connectivity index is 1.44. The van der Waals surface area contributed by atoms with Gasteiger partial charge in [0.1, 0.15) is 11.5 Å². The van der Waals surface area contributed by atoms with Crippen LogP contribution >= 0.6 is 12.2 Å². The van der Waals surface area contributed by atoms with Crippen molar-refractivity contribution in [3.63, 3.8) is 0 Å². The fourth-order valence-electron chi connectivity index (χ4n) is 5.69. The summed E-state index contributed by atoms with van der Waals surface area (Å²) >= 11 is 5.94. The highest BCUT2D eigenvalue weighted by molar-refractivity contribution is 7.80. The lowest BCUT2D eigenvalue weighted by Gasteiger charge is -2.28. The number of hydrogen-bond acceptors (Lipinski definition) is 4. The summed E-state index contributed by atoms with van der Waals surface area (Å²) in [5, 5.41) is 13.8. The molecule has 5 aromatic rings. The van der Waals surface area contributed by atoms with Crippen molar-refractivity contribution in [2.24, 2.45) is 0 Å². The van der Waals surface area contributed by atoms with Crippen LogP contribution in [0.3, 0.4) is 0 Å². The first kappa shape index (κ1) is 27.2. The molecule has 3 aromatic carbocycles. The minimum atomic E-state index is -0.953. The minimum absolute atomic E-state index is 0.209. The highest BCUT2D eigenvalue weighted by atomic mass is 32.1. The molecular weight excluding hydrogens is 544 g/mol. The van der Waals surface area contributed by atoms with Crippen molar-refractivity contribution >= 4 is 29.0 Å². The summed E-state index contributed by atoms with van der Waals surface area (Å²) in [5.74, 6) is 0.546. The van der Waals surface area contributed by atoms with E-state index in [2.05, 4.69) is 32.8 Å². The molecule has 2 N–H and O–H groups in total. The number of carbonyl (C=O) groups is 1. The number of carboxylic acid groups (broad SMARTS) is 1. The monoisotopic (exact) mass is 574 g/mol. The number of benzene rings is 3. The van der Waals surface area contributed by atoms with E-state index >= 15 is 0 Å². The zero-order chi connectivity index (χ0) is 29.4. The molecule has 1 saturated heterocycles. The van der Waals surface area contributed by atoms with Crippen molar-refractivity contribution in [1.82, 2.24) is 14.9 Å². The topological polar surface area (TPSA) is 79.6 Å². The highest BCUT2D eigenvalue weighted by Gasteiger charge is 2.42. The SMILES string of the molecule is Cc1ccc(C(=O)O)cc1-n1c(C)cc(C2C(c3ccccn3)NC(=S)N2c2ccc(Oc3ccccc3)cc2)c1C. The number of thiocarbonyl (C=S) groups is 1. The molecule has 0 aliphatic carbocycles. The average Bonchev–Trinajstić information content (AvgIpc) is 3.49. The molecule has 1 aliphatic heterocycles. The Morgan fingerprint density at radius 2 is 1.62 bits per heavy atom. The lowest BCUT2D eigenvalue weighted by atomic mass is 9.96. The molecule has 1 fully saturated rings. The van der Waals surface area contributed by atoms with Crippen molar-refractivity contribution in [2.45, 2.75) is 32.9 Å². The number of anilines is 1. The van der Waals surface area contributed by atoms with E-state index in [0.29, 0.717) is 5.11 Å². The van der Waals surface area contributed by atoms with Gasteiger partial charge in [-0.05, 0) is 111 Å². The molecule has 2 unspecified atom stereocenters. The lowest BCUT2D eigenvalue weighted by molar-refractivity contribution is 0.0697. The molecule has 7 nitrogen and oxygen atoms in total. The van der Waals surface area contributed by atoms with Gasteiger partial charge in [-0.2, -0.15) is 0 Å². The van der Waals surface area contributed by atoms with Gasteiger partial charge in [-0.15, -0.1) is 0 Å². The number of nitrogens with one attached hydrogen (secondary N) is 1. The van der Waals surface area contributed by atoms with Crippen LogP contribution in [-0.4, -0.2) is 25.7 Å². The minimum Gasteiger partial charge on any atom is -0.478 e. The van der Waals surface area contributed by atoms with E-state index in [9.17, 15) is 9.90 Å². The predicted octanol–water partition coefficient (Wildman–Crippen LogP) is 7.47. The Hall–Kier alpha value is -4.95. The number of aromatic carboxylic acids is 1. The standard InChI is InChI=1S/C34H30N4O3S/c1-21-12-13-24(33(39)40)20-30(21)37-22(2)19-28(23(37)3)32-31(29-11-7-8-18-35-29)36-34(42)38(32)25-14-16-27(17-15-25)41-26-9-5-4-6-10-26/h4-20,31-32H,1-3H3,(H,36,42)(H,39,40). The van der Waals surface area contributed by atoms with Crippen molar-refractivity contribution < 1.29 is 14.6 Å². The van der Waals surface area contributed by atoms with E-state index < -0.39 is 5.97 Å². The molecule has 3 heterocycles. The Bertz CT molecular complexity index is 1770. The summed E-state index contributed by atoms with van der Waals surface area (Å²) in [5.41, 5.74) is 6.95. The Kier molecular flexibility index (Phi) is 7.22. The fourth-order valence-corrected chi connectivity index (χ4v) is 6.04. The van der Waals surface area contributed by atoms with Crippen LogP contribution in [0.1, 0.15) is 50.7 Å². The number of pyridine rings is 1. The number of aryl methyl sites for hydroxylation is 2. The lowest BCUT2D eigenvalue weighted by Crippen LogP contribution is -2.29. The number of carboxylic acids is 1. The predicted molar refractivity (Wildman–Crippen MR) is 168 cm³/mol. The zero-order valence-electron chi connectivity index (χ0n) is 23.5. The van der Waals surface area contributed by atoms with E-state index in [0.717, 1.165) is 51.1 Å². The molecule has 2 aromatic heterocycles. The maximum atomic E-state index is 11.8. The third kappa shape index (κ3) is 5.01. The van der Waals surface area contributed by atoms with Crippen molar-refractivity contribution in [2.75, 3.05) is 4.90 Å². The molecule has 8 heteroatoms. The number of aromatic nitrogens is 2. The molecule has 0 spiro atoms. The zero-order valence-corrected chi connectivity index (χ0v) is 24.3. The second-order valence-corrected chi connectivity index (χ2v) is 10.8. The third-order valence-electron chi connectivity index (χ3n) is 7.68. The second kappa shape index (κ2) is 11.1. The van der Waals surface area contributed by atoms with Crippen LogP contribution in [0.15, 0.2) is 103 Å². The molecule has 6 rings (SSSR count). The number of rotatable bonds is 7.